The molecular formula is C40H52N6O6. The highest BCUT2D eigenvalue weighted by atomic mass is 16.5. The zero-order valence-electron chi connectivity index (χ0n) is 31.6. The third kappa shape index (κ3) is 9.04. The van der Waals surface area contributed by atoms with Gasteiger partial charge in [0.25, 0.3) is 0 Å². The van der Waals surface area contributed by atoms with Crippen molar-refractivity contribution in [3.63, 3.8) is 0 Å². The molecule has 1 unspecified atom stereocenters. The molecule has 1 aromatic heterocycles. The Labute approximate surface area is 307 Å². The molecule has 1 saturated heterocycles. The Morgan fingerprint density at radius 1 is 0.885 bits per heavy atom. The number of hydrogen-bond acceptors (Lipinski definition) is 10. The maximum Gasteiger partial charge on any atom is 0.413 e. The fourth-order valence-electron chi connectivity index (χ4n) is 6.95. The van der Waals surface area contributed by atoms with Gasteiger partial charge in [-0.3, -0.25) is 4.90 Å². The molecule has 0 aliphatic carbocycles. The summed E-state index contributed by atoms with van der Waals surface area (Å²) in [7, 11) is 4.74. The first kappa shape index (κ1) is 38.2. The second kappa shape index (κ2) is 17.4. The van der Waals surface area contributed by atoms with E-state index in [2.05, 4.69) is 33.9 Å². The lowest BCUT2D eigenvalue weighted by Crippen LogP contribution is -2.49. The van der Waals surface area contributed by atoms with Gasteiger partial charge >= 0.3 is 6.09 Å². The number of nitrogens with one attached hydrogen (secondary N) is 1. The van der Waals surface area contributed by atoms with Crippen LogP contribution in [0.5, 0.6) is 23.0 Å². The number of amides is 1. The van der Waals surface area contributed by atoms with Gasteiger partial charge in [0, 0.05) is 62.3 Å². The topological polar surface area (TPSA) is 122 Å². The number of nitrogens with zero attached hydrogens (tertiary/aromatic N) is 5. The fourth-order valence-corrected chi connectivity index (χ4v) is 6.95. The third-order valence-electron chi connectivity index (χ3n) is 9.53. The highest BCUT2D eigenvalue weighted by Crippen LogP contribution is 2.42. The molecule has 1 amide bonds. The largest absolute Gasteiger partial charge is 0.497 e. The number of aromatic nitrogens is 2. The van der Waals surface area contributed by atoms with E-state index in [0.29, 0.717) is 46.9 Å². The first-order chi connectivity index (χ1) is 25.0. The predicted octanol–water partition coefficient (Wildman–Crippen LogP) is 7.24. The van der Waals surface area contributed by atoms with Crippen LogP contribution in [-0.2, 0) is 0 Å². The van der Waals surface area contributed by atoms with E-state index < -0.39 is 12.1 Å². The maximum absolute atomic E-state index is 13.3. The van der Waals surface area contributed by atoms with Crippen LogP contribution in [0.1, 0.15) is 54.1 Å². The summed E-state index contributed by atoms with van der Waals surface area (Å²) in [5, 5.41) is 14.1. The summed E-state index contributed by atoms with van der Waals surface area (Å²) in [6, 6.07) is 16.3. The molecule has 1 fully saturated rings. The van der Waals surface area contributed by atoms with Gasteiger partial charge in [-0.05, 0) is 94.1 Å². The Morgan fingerprint density at radius 2 is 1.58 bits per heavy atom. The van der Waals surface area contributed by atoms with E-state index in [1.165, 1.54) is 11.1 Å². The molecule has 5 rings (SSSR count). The molecular weight excluding hydrogens is 660 g/mol. The van der Waals surface area contributed by atoms with E-state index in [1.54, 1.807) is 39.5 Å². The molecule has 0 saturated carbocycles. The van der Waals surface area contributed by atoms with E-state index >= 15 is 0 Å². The Kier molecular flexibility index (Phi) is 12.8. The van der Waals surface area contributed by atoms with Gasteiger partial charge in [0.15, 0.2) is 11.5 Å². The van der Waals surface area contributed by atoms with Crippen molar-refractivity contribution < 1.29 is 28.8 Å². The highest BCUT2D eigenvalue weighted by Gasteiger charge is 2.34. The Hall–Kier alpha value is -5.07. The number of hydrogen-bond donors (Lipinski definition) is 2. The number of carbonyl (C=O) groups is 1. The van der Waals surface area contributed by atoms with Crippen LogP contribution in [0.25, 0.3) is 0 Å². The van der Waals surface area contributed by atoms with Crippen molar-refractivity contribution in [2.24, 2.45) is 0 Å². The summed E-state index contributed by atoms with van der Waals surface area (Å²) >= 11 is 0. The molecule has 2 N–H and O–H groups in total. The molecule has 1 aliphatic rings. The molecule has 2 heterocycles. The number of benzene rings is 3. The summed E-state index contributed by atoms with van der Waals surface area (Å²) in [4.78, 5) is 28.7. The van der Waals surface area contributed by atoms with Crippen LogP contribution >= 0.6 is 0 Å². The molecule has 12 heteroatoms. The lowest BCUT2D eigenvalue weighted by molar-refractivity contribution is 0.104. The Morgan fingerprint density at radius 3 is 2.21 bits per heavy atom. The Bertz CT molecular complexity index is 1800. The first-order valence-electron chi connectivity index (χ1n) is 17.7. The van der Waals surface area contributed by atoms with Gasteiger partial charge in [-0.2, -0.15) is 4.98 Å². The zero-order chi connectivity index (χ0) is 37.4. The number of aryl methyl sites for hydroxylation is 3. The van der Waals surface area contributed by atoms with Gasteiger partial charge in [0.05, 0.1) is 34.0 Å². The molecule has 4 aromatic rings. The summed E-state index contributed by atoms with van der Waals surface area (Å²) < 4.78 is 23.1. The minimum absolute atomic E-state index is 0.178. The van der Waals surface area contributed by atoms with Crippen molar-refractivity contribution in [1.29, 1.82) is 0 Å². The first-order valence-corrected chi connectivity index (χ1v) is 17.7. The number of piperazine rings is 1. The van der Waals surface area contributed by atoms with Crippen molar-refractivity contribution in [3.05, 3.63) is 88.6 Å². The number of methoxy groups -OCH3 is 3. The van der Waals surface area contributed by atoms with Crippen molar-refractivity contribution in [1.82, 2.24) is 19.8 Å². The zero-order valence-corrected chi connectivity index (χ0v) is 31.6. The summed E-state index contributed by atoms with van der Waals surface area (Å²) in [6.45, 7) is 16.4. The predicted molar refractivity (Wildman–Crippen MR) is 204 cm³/mol. The van der Waals surface area contributed by atoms with Gasteiger partial charge in [-0.1, -0.05) is 17.7 Å². The van der Waals surface area contributed by atoms with Gasteiger partial charge in [-0.25, -0.2) is 14.7 Å². The number of rotatable bonds is 15. The fraction of sp³-hybridized carbons (Fsp3) is 0.425. The van der Waals surface area contributed by atoms with E-state index in [0.717, 1.165) is 61.4 Å². The van der Waals surface area contributed by atoms with Gasteiger partial charge in [-0.15, -0.1) is 0 Å². The van der Waals surface area contributed by atoms with E-state index in [9.17, 15) is 9.90 Å². The van der Waals surface area contributed by atoms with Gasteiger partial charge in [0.2, 0.25) is 5.95 Å². The SMILES string of the molecule is COc1ccc(OC)c(C(c2c(C)cc(C)cc2C)N(C(=O)O)c2ccnc(Nc3ccc(OCCCN4CCN(C(C)C)CC4)c(OC)c3)n2)c1. The number of carboxylic acid groups (broad SMARTS) is 1. The van der Waals surface area contributed by atoms with Gasteiger partial charge in [0.1, 0.15) is 17.3 Å². The lowest BCUT2D eigenvalue weighted by atomic mass is 9.88. The van der Waals surface area contributed by atoms with Crippen molar-refractivity contribution in [3.8, 4) is 23.0 Å². The van der Waals surface area contributed by atoms with E-state index in [1.807, 2.05) is 57.2 Å². The smallest absolute Gasteiger partial charge is 0.413 e. The third-order valence-corrected chi connectivity index (χ3v) is 9.53. The second-order valence-electron chi connectivity index (χ2n) is 13.4. The molecule has 52 heavy (non-hydrogen) atoms. The van der Waals surface area contributed by atoms with Crippen LogP contribution in [0.4, 0.5) is 22.2 Å². The van der Waals surface area contributed by atoms with Crippen LogP contribution < -0.4 is 29.2 Å². The summed E-state index contributed by atoms with van der Waals surface area (Å²) in [5.74, 6) is 2.68. The average molecular weight is 713 g/mol. The summed E-state index contributed by atoms with van der Waals surface area (Å²) in [5.41, 5.74) is 5.04. The molecule has 0 radical (unpaired) electrons. The van der Waals surface area contributed by atoms with Crippen LogP contribution in [0.2, 0.25) is 0 Å². The van der Waals surface area contributed by atoms with Crippen molar-refractivity contribution in [2.75, 3.05) is 70.9 Å². The molecule has 1 aliphatic heterocycles. The van der Waals surface area contributed by atoms with E-state index in [4.69, 9.17) is 23.9 Å². The number of ether oxygens (including phenoxy) is 4. The summed E-state index contributed by atoms with van der Waals surface area (Å²) in [6.07, 6.45) is 1.25. The normalized spacial score (nSPS) is 14.2. The van der Waals surface area contributed by atoms with Gasteiger partial charge < -0.3 is 34.3 Å². The van der Waals surface area contributed by atoms with Crippen LogP contribution in [0.3, 0.4) is 0 Å². The van der Waals surface area contributed by atoms with Crippen LogP contribution in [0.15, 0.2) is 60.8 Å². The molecule has 0 bridgehead atoms. The van der Waals surface area contributed by atoms with Crippen molar-refractivity contribution in [2.45, 2.75) is 53.1 Å². The molecule has 0 spiro atoms. The van der Waals surface area contributed by atoms with E-state index in [-0.39, 0.29) is 11.8 Å². The average Bonchev–Trinajstić information content (AvgIpc) is 3.12. The molecule has 3 aromatic carbocycles. The highest BCUT2D eigenvalue weighted by molar-refractivity contribution is 5.87. The minimum atomic E-state index is -1.19. The number of anilines is 3. The molecule has 1 atom stereocenters. The monoisotopic (exact) mass is 712 g/mol. The molecule has 278 valence electrons. The van der Waals surface area contributed by atoms with Crippen LogP contribution in [0, 0.1) is 20.8 Å². The minimum Gasteiger partial charge on any atom is -0.497 e. The quantitative estimate of drug-likeness (QED) is 0.121. The standard InChI is InChI=1S/C40H52N6O6/c1-26(2)45-19-17-44(18-20-45)16-9-21-52-34-12-10-30(24-35(34)51-8)42-39-41-15-14-36(43-39)46(40(47)48)38(37-28(4)22-27(3)23-29(37)5)32-25-31(49-6)11-13-33(32)50-7/h10-15,22-26,38H,9,16-21H2,1-8H3,(H,47,48)(H,41,42,43). The van der Waals surface area contributed by atoms with Crippen molar-refractivity contribution >= 4 is 23.5 Å². The van der Waals surface area contributed by atoms with Crippen LogP contribution in [-0.4, -0.2) is 97.7 Å². The maximum atomic E-state index is 13.3. The molecule has 12 nitrogen and oxygen atoms in total. The lowest BCUT2D eigenvalue weighted by Gasteiger charge is -2.36. The second-order valence-corrected chi connectivity index (χ2v) is 13.4. The Balaban J connectivity index is 1.38.